The second kappa shape index (κ2) is 6.08. The molecule has 2 heterocycles. The number of aliphatic hydroxyl groups is 2. The minimum Gasteiger partial charge on any atom is -0.388 e. The quantitative estimate of drug-likeness (QED) is 0.552. The van der Waals surface area contributed by atoms with Gasteiger partial charge >= 0.3 is 10.3 Å². The molecule has 1 aromatic heterocycles. The zero-order valence-corrected chi connectivity index (χ0v) is 11.2. The summed E-state index contributed by atoms with van der Waals surface area (Å²) in [5.41, 5.74) is 0.629. The summed E-state index contributed by atoms with van der Waals surface area (Å²) >= 11 is 0. The fourth-order valence-corrected chi connectivity index (χ4v) is 2.26. The number of nitrogens with zero attached hydrogens (tertiary/aromatic N) is 2. The second-order valence-corrected chi connectivity index (χ2v) is 5.60. The summed E-state index contributed by atoms with van der Waals surface area (Å²) in [6, 6.07) is 1.65. The Kier molecular flexibility index (Phi) is 4.62. The van der Waals surface area contributed by atoms with E-state index in [1.165, 1.54) is 6.33 Å². The summed E-state index contributed by atoms with van der Waals surface area (Å²) in [5, 5.41) is 24.3. The Hall–Kier alpha value is -1.17. The van der Waals surface area contributed by atoms with Crippen LogP contribution in [0.15, 0.2) is 18.6 Å². The molecule has 2 rings (SSSR count). The maximum Gasteiger partial charge on any atom is 0.333 e. The molecule has 1 aliphatic rings. The van der Waals surface area contributed by atoms with E-state index in [1.807, 2.05) is 0 Å². The molecule has 20 heavy (non-hydrogen) atoms. The van der Waals surface area contributed by atoms with Gasteiger partial charge in [-0.05, 0) is 6.07 Å². The van der Waals surface area contributed by atoms with Crippen LogP contribution in [0.2, 0.25) is 0 Å². The van der Waals surface area contributed by atoms with Crippen LogP contribution in [0.5, 0.6) is 0 Å². The predicted octanol–water partition coefficient (Wildman–Crippen LogP) is -2.27. The van der Waals surface area contributed by atoms with Crippen LogP contribution in [0.3, 0.4) is 0 Å². The van der Waals surface area contributed by atoms with Crippen LogP contribution in [0, 0.1) is 0 Å². The molecule has 4 N–H and O–H groups in total. The number of aliphatic hydroxyl groups excluding tert-OH is 2. The maximum atomic E-state index is 10.7. The first kappa shape index (κ1) is 15.2. The molecule has 1 fully saturated rings. The van der Waals surface area contributed by atoms with E-state index in [1.54, 1.807) is 12.3 Å². The molecule has 0 amide bonds. The molecule has 1 saturated heterocycles. The first-order chi connectivity index (χ1) is 9.37. The lowest BCUT2D eigenvalue weighted by Crippen LogP contribution is -2.35. The van der Waals surface area contributed by atoms with E-state index < -0.39 is 41.3 Å². The van der Waals surface area contributed by atoms with Crippen LogP contribution in [0.25, 0.3) is 0 Å². The zero-order valence-electron chi connectivity index (χ0n) is 10.4. The number of ether oxygens (including phenoxy) is 1. The summed E-state index contributed by atoms with van der Waals surface area (Å²) in [6.07, 6.45) is -0.963. The smallest absolute Gasteiger partial charge is 0.333 e. The van der Waals surface area contributed by atoms with Crippen molar-refractivity contribution in [1.82, 2.24) is 9.97 Å². The van der Waals surface area contributed by atoms with Crippen LogP contribution < -0.4 is 5.14 Å². The van der Waals surface area contributed by atoms with Gasteiger partial charge in [-0.1, -0.05) is 0 Å². The van der Waals surface area contributed by atoms with E-state index in [2.05, 4.69) is 19.3 Å². The molecule has 0 radical (unpaired) electrons. The molecule has 1 aliphatic heterocycles. The average molecular weight is 305 g/mol. The summed E-state index contributed by atoms with van der Waals surface area (Å²) < 4.78 is 31.1. The molecule has 10 heteroatoms. The largest absolute Gasteiger partial charge is 0.388 e. The molecule has 0 aliphatic carbocycles. The molecule has 1 unspecified atom stereocenters. The molecule has 0 bridgehead atoms. The van der Waals surface area contributed by atoms with Gasteiger partial charge in [0.25, 0.3) is 0 Å². The first-order valence-electron chi connectivity index (χ1n) is 5.80. The molecule has 4 atom stereocenters. The van der Waals surface area contributed by atoms with Gasteiger partial charge in [0.15, 0.2) is 0 Å². The maximum absolute atomic E-state index is 10.7. The number of hydrogen-bond donors (Lipinski definition) is 3. The standard InChI is InChI=1S/C10H15N3O6S/c11-20(16,17)18-4-8-10(15)9(14)7(19-8)3-6-1-2-12-5-13-6/h1-2,5,7-10,14-15H,3-4H2,(H2,11,16,17)/t7-,8-,9?,10+/m0/s1. The molecular weight excluding hydrogens is 290 g/mol. The van der Waals surface area contributed by atoms with Gasteiger partial charge in [-0.25, -0.2) is 15.1 Å². The molecule has 0 saturated carbocycles. The van der Waals surface area contributed by atoms with Crippen molar-refractivity contribution in [3.63, 3.8) is 0 Å². The van der Waals surface area contributed by atoms with Crippen LogP contribution >= 0.6 is 0 Å². The van der Waals surface area contributed by atoms with Gasteiger partial charge < -0.3 is 14.9 Å². The van der Waals surface area contributed by atoms with E-state index in [0.717, 1.165) is 0 Å². The Morgan fingerprint density at radius 3 is 2.65 bits per heavy atom. The average Bonchev–Trinajstić information content (AvgIpc) is 2.65. The summed E-state index contributed by atoms with van der Waals surface area (Å²) in [6.45, 7) is -0.461. The topological polar surface area (TPSA) is 145 Å². The third-order valence-corrected chi connectivity index (χ3v) is 3.38. The minimum atomic E-state index is -4.12. The van der Waals surface area contributed by atoms with E-state index in [-0.39, 0.29) is 6.42 Å². The van der Waals surface area contributed by atoms with Crippen molar-refractivity contribution in [2.75, 3.05) is 6.61 Å². The highest BCUT2D eigenvalue weighted by atomic mass is 32.2. The lowest BCUT2D eigenvalue weighted by Gasteiger charge is -2.13. The summed E-state index contributed by atoms with van der Waals surface area (Å²) in [5.74, 6) is 0. The van der Waals surface area contributed by atoms with Crippen LogP contribution in [0.1, 0.15) is 5.69 Å². The Morgan fingerprint density at radius 2 is 2.05 bits per heavy atom. The number of aromatic nitrogens is 2. The minimum absolute atomic E-state index is 0.257. The highest BCUT2D eigenvalue weighted by Gasteiger charge is 2.43. The van der Waals surface area contributed by atoms with Gasteiger partial charge in [0.05, 0.1) is 12.7 Å². The normalized spacial score (nSPS) is 30.6. The van der Waals surface area contributed by atoms with Gasteiger partial charge in [0, 0.05) is 18.3 Å². The Bertz CT molecular complexity index is 539. The van der Waals surface area contributed by atoms with E-state index in [4.69, 9.17) is 4.74 Å². The van der Waals surface area contributed by atoms with Crippen molar-refractivity contribution < 1.29 is 27.6 Å². The molecule has 112 valence electrons. The molecule has 0 aromatic carbocycles. The second-order valence-electron chi connectivity index (χ2n) is 4.38. The third kappa shape index (κ3) is 3.91. The third-order valence-electron chi connectivity index (χ3n) is 2.91. The van der Waals surface area contributed by atoms with Crippen LogP contribution in [-0.4, -0.2) is 59.6 Å². The van der Waals surface area contributed by atoms with Crippen LogP contribution in [0.4, 0.5) is 0 Å². The highest BCUT2D eigenvalue weighted by molar-refractivity contribution is 7.84. The predicted molar refractivity (Wildman–Crippen MR) is 65.5 cm³/mol. The van der Waals surface area contributed by atoms with Crippen molar-refractivity contribution in [1.29, 1.82) is 0 Å². The van der Waals surface area contributed by atoms with Gasteiger partial charge in [0.1, 0.15) is 24.6 Å². The fourth-order valence-electron chi connectivity index (χ4n) is 1.94. The molecular formula is C10H15N3O6S. The highest BCUT2D eigenvalue weighted by Crippen LogP contribution is 2.24. The fraction of sp³-hybridized carbons (Fsp3) is 0.600. The van der Waals surface area contributed by atoms with E-state index in [0.29, 0.717) is 5.69 Å². The monoisotopic (exact) mass is 305 g/mol. The van der Waals surface area contributed by atoms with Crippen molar-refractivity contribution in [2.24, 2.45) is 5.14 Å². The molecule has 1 aromatic rings. The lowest BCUT2D eigenvalue weighted by molar-refractivity contribution is -0.0147. The van der Waals surface area contributed by atoms with Gasteiger partial charge in [-0.15, -0.1) is 0 Å². The van der Waals surface area contributed by atoms with Crippen molar-refractivity contribution >= 4 is 10.3 Å². The van der Waals surface area contributed by atoms with Crippen molar-refractivity contribution in [2.45, 2.75) is 30.8 Å². The number of hydrogen-bond acceptors (Lipinski definition) is 8. The SMILES string of the molecule is NS(=O)(=O)OC[C@@H]1O[C@@H](Cc2ccncn2)C(O)[C@@H]1O. The number of nitrogens with two attached hydrogens (primary N) is 1. The van der Waals surface area contributed by atoms with Gasteiger partial charge in [0.2, 0.25) is 0 Å². The molecule has 0 spiro atoms. The van der Waals surface area contributed by atoms with Crippen molar-refractivity contribution in [3.8, 4) is 0 Å². The van der Waals surface area contributed by atoms with Crippen molar-refractivity contribution in [3.05, 3.63) is 24.3 Å². The Labute approximate surface area is 115 Å². The van der Waals surface area contributed by atoms with E-state index >= 15 is 0 Å². The van der Waals surface area contributed by atoms with Gasteiger partial charge in [-0.2, -0.15) is 8.42 Å². The zero-order chi connectivity index (χ0) is 14.8. The molecule has 9 nitrogen and oxygen atoms in total. The Balaban J connectivity index is 1.96. The Morgan fingerprint density at radius 1 is 1.35 bits per heavy atom. The van der Waals surface area contributed by atoms with Gasteiger partial charge in [-0.3, -0.25) is 4.18 Å². The van der Waals surface area contributed by atoms with E-state index in [9.17, 15) is 18.6 Å². The first-order valence-corrected chi connectivity index (χ1v) is 7.27. The summed E-state index contributed by atoms with van der Waals surface area (Å²) in [4.78, 5) is 7.74. The summed E-state index contributed by atoms with van der Waals surface area (Å²) in [7, 11) is -4.12. The van der Waals surface area contributed by atoms with Crippen LogP contribution in [-0.2, 0) is 25.6 Å². The number of rotatable bonds is 5. The lowest BCUT2D eigenvalue weighted by atomic mass is 10.0.